The lowest BCUT2D eigenvalue weighted by Crippen LogP contribution is -2.15. The quantitative estimate of drug-likeness (QED) is 0.460. The van der Waals surface area contributed by atoms with Gasteiger partial charge >= 0.3 is 0 Å². The zero-order chi connectivity index (χ0) is 8.78. The average Bonchev–Trinajstić information content (AvgIpc) is 1.63. The van der Waals surface area contributed by atoms with Crippen molar-refractivity contribution in [3.63, 3.8) is 0 Å². The van der Waals surface area contributed by atoms with Crippen molar-refractivity contribution < 1.29 is 14.9 Å². The van der Waals surface area contributed by atoms with Crippen LogP contribution >= 0.6 is 13.5 Å². The first-order valence-corrected chi connectivity index (χ1v) is 3.09. The standard InChI is InChI=1S/C4H10O2.C3H6O.H2S/c1-4(2,3)6-5;1-3(2)4;/h5H,1-3H3;1-2H3;1H2. The van der Waals surface area contributed by atoms with Gasteiger partial charge in [-0.25, -0.2) is 4.89 Å². The Balaban J connectivity index is -0.000000114. The van der Waals surface area contributed by atoms with E-state index < -0.39 is 5.60 Å². The molecule has 0 aliphatic heterocycles. The summed E-state index contributed by atoms with van der Waals surface area (Å²) in [5, 5.41) is 7.90. The van der Waals surface area contributed by atoms with Crippen LogP contribution < -0.4 is 0 Å². The van der Waals surface area contributed by atoms with Crippen LogP contribution in [0.15, 0.2) is 0 Å². The molecule has 3 nitrogen and oxygen atoms in total. The topological polar surface area (TPSA) is 46.5 Å². The molecule has 0 aliphatic carbocycles. The summed E-state index contributed by atoms with van der Waals surface area (Å²) in [5.74, 6) is 0.167. The van der Waals surface area contributed by atoms with E-state index in [2.05, 4.69) is 4.89 Å². The molecule has 0 atom stereocenters. The predicted octanol–water partition coefficient (Wildman–Crippen LogP) is 1.98. The maximum Gasteiger partial charge on any atom is 0.126 e. The van der Waals surface area contributed by atoms with E-state index in [4.69, 9.17) is 5.26 Å². The van der Waals surface area contributed by atoms with Gasteiger partial charge in [-0.2, -0.15) is 13.5 Å². The molecule has 0 spiro atoms. The van der Waals surface area contributed by atoms with Gasteiger partial charge in [-0.15, -0.1) is 0 Å². The smallest absolute Gasteiger partial charge is 0.126 e. The Bertz CT molecular complexity index is 92.3. The van der Waals surface area contributed by atoms with Crippen LogP contribution in [0.25, 0.3) is 0 Å². The molecule has 0 aliphatic rings. The first-order chi connectivity index (χ1) is 4.29. The van der Waals surface area contributed by atoms with Gasteiger partial charge in [-0.1, -0.05) is 0 Å². The Hall–Kier alpha value is -0.0600. The van der Waals surface area contributed by atoms with Gasteiger partial charge in [0.25, 0.3) is 0 Å². The van der Waals surface area contributed by atoms with Crippen molar-refractivity contribution >= 4 is 19.3 Å². The molecular formula is C7H18O3S. The Morgan fingerprint density at radius 1 is 1.27 bits per heavy atom. The maximum absolute atomic E-state index is 9.44. The number of hydrogen-bond donors (Lipinski definition) is 1. The summed E-state index contributed by atoms with van der Waals surface area (Å²) in [6.45, 7) is 8.37. The maximum atomic E-state index is 9.44. The SMILES string of the molecule is CC(C)(C)OO.CC(C)=O.S. The Morgan fingerprint density at radius 3 is 1.36 bits per heavy atom. The van der Waals surface area contributed by atoms with Gasteiger partial charge in [-0.3, -0.25) is 5.26 Å². The number of ketones is 1. The Labute approximate surface area is 75.1 Å². The molecule has 1 N–H and O–H groups in total. The molecule has 4 heteroatoms. The van der Waals surface area contributed by atoms with Crippen LogP contribution in [-0.2, 0) is 9.68 Å². The Morgan fingerprint density at radius 2 is 1.36 bits per heavy atom. The lowest BCUT2D eigenvalue weighted by atomic mass is 10.2. The molecular weight excluding hydrogens is 164 g/mol. The minimum absolute atomic E-state index is 0. The summed E-state index contributed by atoms with van der Waals surface area (Å²) >= 11 is 0. The molecule has 0 aromatic rings. The molecule has 0 unspecified atom stereocenters. The summed E-state index contributed by atoms with van der Waals surface area (Å²) < 4.78 is 0. The zero-order valence-corrected chi connectivity index (χ0v) is 8.76. The fourth-order valence-corrected chi connectivity index (χ4v) is 0. The van der Waals surface area contributed by atoms with E-state index in [0.29, 0.717) is 0 Å². The number of carbonyl (C=O) groups excluding carboxylic acids is 1. The molecule has 0 fully saturated rings. The largest absolute Gasteiger partial charge is 0.300 e. The molecule has 70 valence electrons. The van der Waals surface area contributed by atoms with Gasteiger partial charge < -0.3 is 4.79 Å². The van der Waals surface area contributed by atoms with Crippen LogP contribution in [0.2, 0.25) is 0 Å². The van der Waals surface area contributed by atoms with Crippen molar-refractivity contribution in [1.82, 2.24) is 0 Å². The van der Waals surface area contributed by atoms with Gasteiger partial charge in [0.15, 0.2) is 0 Å². The monoisotopic (exact) mass is 182 g/mol. The van der Waals surface area contributed by atoms with Gasteiger partial charge in [0.2, 0.25) is 0 Å². The van der Waals surface area contributed by atoms with Crippen LogP contribution in [0.5, 0.6) is 0 Å². The first kappa shape index (κ1) is 17.1. The second kappa shape index (κ2) is 8.04. The molecule has 0 rings (SSSR count). The third-order valence-corrected chi connectivity index (χ3v) is 0.274. The summed E-state index contributed by atoms with van der Waals surface area (Å²) in [6.07, 6.45) is 0. The highest BCUT2D eigenvalue weighted by molar-refractivity contribution is 7.59. The minimum Gasteiger partial charge on any atom is -0.300 e. The number of hydrogen-bond acceptors (Lipinski definition) is 3. The summed E-state index contributed by atoms with van der Waals surface area (Å²) in [4.78, 5) is 13.4. The highest BCUT2D eigenvalue weighted by Gasteiger charge is 2.06. The number of rotatable bonds is 0. The fraction of sp³-hybridized carbons (Fsp3) is 0.857. The van der Waals surface area contributed by atoms with Crippen LogP contribution in [-0.4, -0.2) is 16.6 Å². The minimum atomic E-state index is -0.403. The summed E-state index contributed by atoms with van der Waals surface area (Å²) in [6, 6.07) is 0. The van der Waals surface area contributed by atoms with Gasteiger partial charge in [-0.05, 0) is 34.6 Å². The van der Waals surface area contributed by atoms with Crippen molar-refractivity contribution in [2.75, 3.05) is 0 Å². The van der Waals surface area contributed by atoms with E-state index in [1.807, 2.05) is 0 Å². The summed E-state index contributed by atoms with van der Waals surface area (Å²) in [7, 11) is 0. The van der Waals surface area contributed by atoms with Crippen LogP contribution in [0, 0.1) is 0 Å². The normalized spacial score (nSPS) is 8.91. The average molecular weight is 182 g/mol. The zero-order valence-electron chi connectivity index (χ0n) is 7.76. The Kier molecular flexibility index (Phi) is 12.5. The molecule has 0 saturated carbocycles. The van der Waals surface area contributed by atoms with E-state index in [1.165, 1.54) is 13.8 Å². The molecule has 0 radical (unpaired) electrons. The lowest BCUT2D eigenvalue weighted by Gasteiger charge is -2.10. The highest BCUT2D eigenvalue weighted by atomic mass is 32.1. The van der Waals surface area contributed by atoms with E-state index in [1.54, 1.807) is 20.8 Å². The molecule has 0 saturated heterocycles. The van der Waals surface area contributed by atoms with E-state index in [0.717, 1.165) is 0 Å². The van der Waals surface area contributed by atoms with Gasteiger partial charge in [0.05, 0.1) is 5.60 Å². The predicted molar refractivity (Wildman–Crippen MR) is 50.2 cm³/mol. The van der Waals surface area contributed by atoms with E-state index >= 15 is 0 Å². The second-order valence-corrected chi connectivity index (χ2v) is 3.11. The highest BCUT2D eigenvalue weighted by Crippen LogP contribution is 2.01. The third-order valence-electron chi connectivity index (χ3n) is 0.274. The second-order valence-electron chi connectivity index (χ2n) is 3.11. The number of Topliss-reactive ketones (excluding diaryl/α,β-unsaturated/α-hetero) is 1. The molecule has 0 heterocycles. The molecule has 11 heavy (non-hydrogen) atoms. The fourth-order valence-electron chi connectivity index (χ4n) is 0. The van der Waals surface area contributed by atoms with Gasteiger partial charge in [0, 0.05) is 0 Å². The molecule has 0 bridgehead atoms. The van der Waals surface area contributed by atoms with Crippen molar-refractivity contribution in [1.29, 1.82) is 0 Å². The first-order valence-electron chi connectivity index (χ1n) is 3.09. The van der Waals surface area contributed by atoms with Crippen LogP contribution in [0.1, 0.15) is 34.6 Å². The molecule has 0 amide bonds. The summed E-state index contributed by atoms with van der Waals surface area (Å²) in [5.41, 5.74) is -0.403. The van der Waals surface area contributed by atoms with Gasteiger partial charge in [0.1, 0.15) is 5.78 Å². The van der Waals surface area contributed by atoms with E-state index in [-0.39, 0.29) is 19.3 Å². The van der Waals surface area contributed by atoms with Crippen molar-refractivity contribution in [3.8, 4) is 0 Å². The van der Waals surface area contributed by atoms with Crippen LogP contribution in [0.4, 0.5) is 0 Å². The van der Waals surface area contributed by atoms with Crippen molar-refractivity contribution in [2.45, 2.75) is 40.2 Å². The lowest BCUT2D eigenvalue weighted by molar-refractivity contribution is -0.306. The van der Waals surface area contributed by atoms with Crippen molar-refractivity contribution in [3.05, 3.63) is 0 Å². The van der Waals surface area contributed by atoms with Crippen LogP contribution in [0.3, 0.4) is 0 Å². The molecule has 0 aromatic carbocycles. The van der Waals surface area contributed by atoms with E-state index in [9.17, 15) is 4.79 Å². The molecule has 0 aromatic heterocycles. The van der Waals surface area contributed by atoms with Crippen molar-refractivity contribution in [2.24, 2.45) is 0 Å². The number of carbonyl (C=O) groups is 1. The third kappa shape index (κ3) is 72.5.